The first-order valence-electron chi connectivity index (χ1n) is 6.37. The first-order valence-corrected chi connectivity index (χ1v) is 7.16. The number of fused-ring (bicyclic) bond motifs is 3. The second-order valence-electron chi connectivity index (χ2n) is 4.97. The van der Waals surface area contributed by atoms with E-state index in [4.69, 9.17) is 5.11 Å². The van der Waals surface area contributed by atoms with Crippen molar-refractivity contribution in [1.29, 1.82) is 0 Å². The van der Waals surface area contributed by atoms with E-state index in [-0.39, 0.29) is 11.7 Å². The quantitative estimate of drug-likeness (QED) is 0.862. The number of carbonyl (C=O) groups is 1. The van der Waals surface area contributed by atoms with Gasteiger partial charge in [-0.15, -0.1) is 0 Å². The molecule has 0 saturated heterocycles. The molecule has 0 atom stereocenters. The lowest BCUT2D eigenvalue weighted by molar-refractivity contribution is -0.135. The summed E-state index contributed by atoms with van der Waals surface area (Å²) in [5.41, 5.74) is 2.59. The number of hydrogen-bond donors (Lipinski definition) is 1. The Labute approximate surface area is 123 Å². The van der Waals surface area contributed by atoms with Gasteiger partial charge in [0.25, 0.3) is 0 Å². The molecule has 6 heteroatoms. The number of rotatable bonds is 1. The predicted octanol–water partition coefficient (Wildman–Crippen LogP) is 1.96. The maximum absolute atomic E-state index is 14.3. The van der Waals surface area contributed by atoms with Crippen LogP contribution in [0.1, 0.15) is 11.3 Å². The van der Waals surface area contributed by atoms with Gasteiger partial charge in [-0.2, -0.15) is 0 Å². The molecule has 1 aliphatic heterocycles. The van der Waals surface area contributed by atoms with Crippen LogP contribution >= 0.6 is 15.9 Å². The number of aromatic nitrogens is 1. The molecule has 0 unspecified atom stereocenters. The van der Waals surface area contributed by atoms with E-state index in [9.17, 15) is 9.18 Å². The van der Waals surface area contributed by atoms with Gasteiger partial charge in [0.15, 0.2) is 5.82 Å². The van der Waals surface area contributed by atoms with E-state index in [1.807, 2.05) is 17.7 Å². The minimum absolute atomic E-state index is 0.278. The van der Waals surface area contributed by atoms with Gasteiger partial charge >= 0.3 is 0 Å². The van der Waals surface area contributed by atoms with Crippen molar-refractivity contribution in [3.8, 4) is 0 Å². The summed E-state index contributed by atoms with van der Waals surface area (Å²) in [4.78, 5) is 13.2. The Morgan fingerprint density at radius 2 is 2.25 bits per heavy atom. The van der Waals surface area contributed by atoms with Crippen molar-refractivity contribution >= 4 is 32.7 Å². The molecular formula is C14H14BrFN2O2. The molecule has 1 aliphatic rings. The summed E-state index contributed by atoms with van der Waals surface area (Å²) in [5.74, 6) is -0.565. The largest absolute Gasteiger partial charge is 0.387 e. The monoisotopic (exact) mass is 340 g/mol. The van der Waals surface area contributed by atoms with Gasteiger partial charge in [0, 0.05) is 43.2 Å². The number of hydrogen-bond acceptors (Lipinski definition) is 2. The lowest BCUT2D eigenvalue weighted by Crippen LogP contribution is -2.37. The molecule has 1 aromatic carbocycles. The molecule has 20 heavy (non-hydrogen) atoms. The zero-order valence-electron chi connectivity index (χ0n) is 11.0. The Kier molecular flexibility index (Phi) is 3.30. The highest BCUT2D eigenvalue weighted by Gasteiger charge is 2.26. The standard InChI is InChI=1S/C14H14BrFN2O2/c1-17-11-4-5-18(12(20)7-19)6-9(11)8-2-3-10(15)13(16)14(8)17/h2-3,19H,4-7H2,1H3. The fourth-order valence-electron chi connectivity index (χ4n) is 2.92. The van der Waals surface area contributed by atoms with Gasteiger partial charge in [-0.05, 0) is 22.0 Å². The van der Waals surface area contributed by atoms with E-state index in [2.05, 4.69) is 15.9 Å². The van der Waals surface area contributed by atoms with Crippen LogP contribution < -0.4 is 0 Å². The molecule has 0 saturated carbocycles. The Morgan fingerprint density at radius 1 is 1.50 bits per heavy atom. The molecule has 0 fully saturated rings. The van der Waals surface area contributed by atoms with E-state index in [0.29, 0.717) is 29.5 Å². The average Bonchev–Trinajstić information content (AvgIpc) is 2.75. The van der Waals surface area contributed by atoms with Gasteiger partial charge in [-0.25, -0.2) is 4.39 Å². The number of nitrogens with zero attached hydrogens (tertiary/aromatic N) is 2. The summed E-state index contributed by atoms with van der Waals surface area (Å²) in [7, 11) is 1.85. The highest BCUT2D eigenvalue weighted by atomic mass is 79.9. The molecule has 106 valence electrons. The van der Waals surface area contributed by atoms with E-state index >= 15 is 0 Å². The third kappa shape index (κ3) is 1.86. The van der Waals surface area contributed by atoms with Gasteiger partial charge in [0.1, 0.15) is 6.61 Å². The molecule has 2 aromatic rings. The molecule has 1 aromatic heterocycles. The first-order chi connectivity index (χ1) is 9.54. The van der Waals surface area contributed by atoms with Crippen molar-refractivity contribution in [3.05, 3.63) is 33.7 Å². The highest BCUT2D eigenvalue weighted by molar-refractivity contribution is 9.10. The van der Waals surface area contributed by atoms with Crippen molar-refractivity contribution in [2.75, 3.05) is 13.2 Å². The highest BCUT2D eigenvalue weighted by Crippen LogP contribution is 2.34. The fraction of sp³-hybridized carbons (Fsp3) is 0.357. The number of aryl methyl sites for hydroxylation is 1. The molecule has 3 rings (SSSR count). The Balaban J connectivity index is 2.17. The number of benzene rings is 1. The van der Waals surface area contributed by atoms with Gasteiger partial charge in [0.05, 0.1) is 9.99 Å². The summed E-state index contributed by atoms with van der Waals surface area (Å²) >= 11 is 3.20. The normalized spacial score (nSPS) is 14.7. The number of aliphatic hydroxyl groups excluding tert-OH is 1. The zero-order chi connectivity index (χ0) is 14.4. The summed E-state index contributed by atoms with van der Waals surface area (Å²) in [6.45, 7) is 0.493. The summed E-state index contributed by atoms with van der Waals surface area (Å²) < 4.78 is 16.6. The van der Waals surface area contributed by atoms with Crippen LogP contribution in [0.15, 0.2) is 16.6 Å². The van der Waals surface area contributed by atoms with Crippen LogP contribution in [0, 0.1) is 5.82 Å². The molecule has 0 aliphatic carbocycles. The topological polar surface area (TPSA) is 45.5 Å². The van der Waals surface area contributed by atoms with Crippen molar-refractivity contribution in [3.63, 3.8) is 0 Å². The lowest BCUT2D eigenvalue weighted by atomic mass is 10.0. The lowest BCUT2D eigenvalue weighted by Gasteiger charge is -2.27. The first kappa shape index (κ1) is 13.6. The van der Waals surface area contributed by atoms with Crippen molar-refractivity contribution < 1.29 is 14.3 Å². The number of amides is 1. The Bertz CT molecular complexity index is 711. The molecule has 4 nitrogen and oxygen atoms in total. The zero-order valence-corrected chi connectivity index (χ0v) is 12.6. The number of aliphatic hydroxyl groups is 1. The predicted molar refractivity (Wildman–Crippen MR) is 76.8 cm³/mol. The summed E-state index contributed by atoms with van der Waals surface area (Å²) in [5, 5.41) is 9.80. The van der Waals surface area contributed by atoms with Crippen LogP contribution in [0.3, 0.4) is 0 Å². The van der Waals surface area contributed by atoms with Crippen molar-refractivity contribution in [2.45, 2.75) is 13.0 Å². The van der Waals surface area contributed by atoms with Crippen molar-refractivity contribution in [2.24, 2.45) is 7.05 Å². The van der Waals surface area contributed by atoms with Gasteiger partial charge in [-0.3, -0.25) is 4.79 Å². The maximum Gasteiger partial charge on any atom is 0.248 e. The second kappa shape index (κ2) is 4.86. The van der Waals surface area contributed by atoms with Gasteiger partial charge in [0.2, 0.25) is 5.91 Å². The Morgan fingerprint density at radius 3 is 2.95 bits per heavy atom. The fourth-order valence-corrected chi connectivity index (χ4v) is 3.24. The van der Waals surface area contributed by atoms with Crippen LogP contribution in [0.4, 0.5) is 4.39 Å². The Hall–Kier alpha value is -1.40. The molecule has 0 spiro atoms. The van der Waals surface area contributed by atoms with E-state index in [1.54, 1.807) is 11.0 Å². The second-order valence-corrected chi connectivity index (χ2v) is 5.82. The van der Waals surface area contributed by atoms with Crippen LogP contribution in [-0.2, 0) is 24.8 Å². The van der Waals surface area contributed by atoms with E-state index < -0.39 is 6.61 Å². The van der Waals surface area contributed by atoms with Gasteiger partial charge < -0.3 is 14.6 Å². The van der Waals surface area contributed by atoms with E-state index in [1.165, 1.54) is 0 Å². The summed E-state index contributed by atoms with van der Waals surface area (Å²) in [6, 6.07) is 3.55. The van der Waals surface area contributed by atoms with Crippen LogP contribution in [-0.4, -0.2) is 33.6 Å². The third-order valence-corrected chi connectivity index (χ3v) is 4.55. The van der Waals surface area contributed by atoms with Crippen LogP contribution in [0.5, 0.6) is 0 Å². The molecule has 2 heterocycles. The third-order valence-electron chi connectivity index (χ3n) is 3.94. The average molecular weight is 341 g/mol. The molecule has 0 radical (unpaired) electrons. The van der Waals surface area contributed by atoms with Crippen LogP contribution in [0.2, 0.25) is 0 Å². The molecular weight excluding hydrogens is 327 g/mol. The molecule has 1 amide bonds. The van der Waals surface area contributed by atoms with Crippen LogP contribution in [0.25, 0.3) is 10.9 Å². The van der Waals surface area contributed by atoms with Gasteiger partial charge in [-0.1, -0.05) is 6.07 Å². The summed E-state index contributed by atoms with van der Waals surface area (Å²) in [6.07, 6.45) is 0.670. The van der Waals surface area contributed by atoms with Crippen molar-refractivity contribution in [1.82, 2.24) is 9.47 Å². The number of carbonyl (C=O) groups excluding carboxylic acids is 1. The maximum atomic E-state index is 14.3. The molecule has 1 N–H and O–H groups in total. The molecule has 0 bridgehead atoms. The smallest absolute Gasteiger partial charge is 0.248 e. The van der Waals surface area contributed by atoms with E-state index in [0.717, 1.165) is 16.6 Å². The minimum Gasteiger partial charge on any atom is -0.387 e. The number of halogens is 2. The minimum atomic E-state index is -0.486. The SMILES string of the molecule is Cn1c2c(c3ccc(Br)c(F)c31)CN(C(=O)CO)CC2.